The lowest BCUT2D eigenvalue weighted by Gasteiger charge is -2.36. The first-order valence-corrected chi connectivity index (χ1v) is 11.1. The number of fused-ring (bicyclic) bond motifs is 1. The van der Waals surface area contributed by atoms with Gasteiger partial charge in [0.1, 0.15) is 5.82 Å². The number of hydrogen-bond acceptors (Lipinski definition) is 6. The lowest BCUT2D eigenvalue weighted by Crippen LogP contribution is -2.44. The Kier molecular flexibility index (Phi) is 6.25. The van der Waals surface area contributed by atoms with Gasteiger partial charge in [-0.15, -0.1) is 0 Å². The van der Waals surface area contributed by atoms with Crippen LogP contribution in [0, 0.1) is 0 Å². The van der Waals surface area contributed by atoms with Gasteiger partial charge in [-0.25, -0.2) is 4.98 Å². The fourth-order valence-corrected chi connectivity index (χ4v) is 4.39. The molecule has 9 heteroatoms. The zero-order valence-electron chi connectivity index (χ0n) is 18.5. The van der Waals surface area contributed by atoms with Crippen molar-refractivity contribution in [1.82, 2.24) is 20.1 Å². The molecule has 1 atom stereocenters. The predicted octanol–water partition coefficient (Wildman–Crippen LogP) is 3.08. The van der Waals surface area contributed by atoms with Crippen LogP contribution in [0.25, 0.3) is 10.9 Å². The highest BCUT2D eigenvalue weighted by Gasteiger charge is 2.32. The number of carbonyl (C=O) groups is 2. The summed E-state index contributed by atoms with van der Waals surface area (Å²) in [5, 5.41) is 10.0. The third-order valence-corrected chi connectivity index (χ3v) is 6.11. The van der Waals surface area contributed by atoms with Crippen LogP contribution in [-0.4, -0.2) is 51.5 Å². The van der Waals surface area contributed by atoms with Gasteiger partial charge in [-0.05, 0) is 50.8 Å². The zero-order chi connectivity index (χ0) is 22.7. The van der Waals surface area contributed by atoms with Gasteiger partial charge in [0, 0.05) is 25.3 Å². The molecular weight excluding hydrogens is 406 g/mol. The summed E-state index contributed by atoms with van der Waals surface area (Å²) in [5.74, 6) is -0.936. The molecule has 3 heterocycles. The van der Waals surface area contributed by atoms with Gasteiger partial charge in [0.05, 0.1) is 35.0 Å². The van der Waals surface area contributed by atoms with Crippen LogP contribution in [0.4, 0.5) is 17.2 Å². The van der Waals surface area contributed by atoms with E-state index in [-0.39, 0.29) is 6.04 Å². The molecule has 1 aliphatic heterocycles. The topological polar surface area (TPSA) is 120 Å². The molecule has 0 bridgehead atoms. The quantitative estimate of drug-likeness (QED) is 0.530. The van der Waals surface area contributed by atoms with E-state index in [1.54, 1.807) is 11.1 Å². The Hall–Kier alpha value is -3.62. The molecule has 0 spiro atoms. The predicted molar refractivity (Wildman–Crippen MR) is 125 cm³/mol. The van der Waals surface area contributed by atoms with Crippen molar-refractivity contribution in [2.24, 2.45) is 0 Å². The van der Waals surface area contributed by atoms with E-state index in [0.717, 1.165) is 43.6 Å². The third-order valence-electron chi connectivity index (χ3n) is 6.11. The number of amides is 2. The summed E-state index contributed by atoms with van der Waals surface area (Å²) >= 11 is 0. The van der Waals surface area contributed by atoms with Gasteiger partial charge in [-0.3, -0.25) is 14.7 Å². The Morgan fingerprint density at radius 3 is 2.84 bits per heavy atom. The highest BCUT2D eigenvalue weighted by atomic mass is 16.2. The monoisotopic (exact) mass is 435 g/mol. The van der Waals surface area contributed by atoms with E-state index < -0.39 is 11.8 Å². The van der Waals surface area contributed by atoms with Crippen molar-refractivity contribution in [3.63, 3.8) is 0 Å². The van der Waals surface area contributed by atoms with Crippen LogP contribution in [0.5, 0.6) is 0 Å². The summed E-state index contributed by atoms with van der Waals surface area (Å²) in [6, 6.07) is 8.16. The van der Waals surface area contributed by atoms with Gasteiger partial charge in [0.15, 0.2) is 0 Å². The average molecular weight is 436 g/mol. The second kappa shape index (κ2) is 9.25. The number of rotatable bonds is 5. The smallest absolute Gasteiger partial charge is 0.314 e. The molecule has 2 aromatic heterocycles. The first-order valence-electron chi connectivity index (χ1n) is 11.1. The molecule has 32 heavy (non-hydrogen) atoms. The van der Waals surface area contributed by atoms with Gasteiger partial charge >= 0.3 is 11.8 Å². The molecule has 1 aromatic carbocycles. The number of piperidine rings is 1. The van der Waals surface area contributed by atoms with Crippen molar-refractivity contribution < 1.29 is 9.59 Å². The van der Waals surface area contributed by atoms with E-state index in [2.05, 4.69) is 51.4 Å². The molecule has 0 saturated carbocycles. The number of nitrogens with one attached hydrogen (secondary N) is 2. The number of pyridine rings is 1. The number of benzene rings is 1. The van der Waals surface area contributed by atoms with Crippen LogP contribution in [0.1, 0.15) is 44.7 Å². The average Bonchev–Trinajstić information content (AvgIpc) is 3.33. The van der Waals surface area contributed by atoms with Crippen molar-refractivity contribution in [3.8, 4) is 0 Å². The maximum absolute atomic E-state index is 13.2. The number of hydrogen-bond donors (Lipinski definition) is 3. The SMILES string of the molecule is CCN(CC)c1cccc([C@H]2CCCCN2C(=O)C(=O)Nc2cnc(N)c3cn[nH]c23)c1. The minimum Gasteiger partial charge on any atom is -0.383 e. The van der Waals surface area contributed by atoms with Crippen molar-refractivity contribution in [1.29, 1.82) is 0 Å². The normalized spacial score (nSPS) is 16.2. The molecule has 4 rings (SSSR count). The Balaban J connectivity index is 1.56. The Bertz CT molecular complexity index is 1120. The number of aromatic amines is 1. The third kappa shape index (κ3) is 4.10. The van der Waals surface area contributed by atoms with Crippen molar-refractivity contribution in [3.05, 3.63) is 42.2 Å². The number of anilines is 3. The van der Waals surface area contributed by atoms with Gasteiger partial charge in [0.25, 0.3) is 0 Å². The van der Waals surface area contributed by atoms with Crippen LogP contribution >= 0.6 is 0 Å². The molecule has 3 aromatic rings. The van der Waals surface area contributed by atoms with Crippen molar-refractivity contribution in [2.75, 3.05) is 35.6 Å². The Morgan fingerprint density at radius 1 is 1.25 bits per heavy atom. The summed E-state index contributed by atoms with van der Waals surface area (Å²) in [4.78, 5) is 34.1. The first-order chi connectivity index (χ1) is 15.5. The minimum absolute atomic E-state index is 0.130. The largest absolute Gasteiger partial charge is 0.383 e. The zero-order valence-corrected chi connectivity index (χ0v) is 18.5. The number of nitrogens with zero attached hydrogens (tertiary/aromatic N) is 4. The van der Waals surface area contributed by atoms with E-state index in [0.29, 0.717) is 29.0 Å². The van der Waals surface area contributed by atoms with E-state index >= 15 is 0 Å². The highest BCUT2D eigenvalue weighted by Crippen LogP contribution is 2.33. The number of nitrogen functional groups attached to an aromatic ring is 1. The molecule has 2 amide bonds. The molecule has 9 nitrogen and oxygen atoms in total. The van der Waals surface area contributed by atoms with Crippen LogP contribution in [0.15, 0.2) is 36.7 Å². The summed E-state index contributed by atoms with van der Waals surface area (Å²) in [5.41, 5.74) is 8.96. The van der Waals surface area contributed by atoms with Crippen molar-refractivity contribution in [2.45, 2.75) is 39.2 Å². The van der Waals surface area contributed by atoms with Crippen LogP contribution in [-0.2, 0) is 9.59 Å². The van der Waals surface area contributed by atoms with E-state index in [4.69, 9.17) is 5.73 Å². The van der Waals surface area contributed by atoms with Gasteiger partial charge in [0.2, 0.25) is 0 Å². The van der Waals surface area contributed by atoms with Crippen LogP contribution in [0.2, 0.25) is 0 Å². The standard InChI is InChI=1S/C23H29N7O2/c1-3-29(4-2)16-9-7-8-15(12-16)19-10-5-6-11-30(19)23(32)22(31)27-18-14-25-21(24)17-13-26-28-20(17)18/h7-9,12-14,19H,3-6,10-11H2,1-2H3,(H2,24,25)(H,26,28)(H,27,31)/t19-/m1/s1. The molecule has 1 saturated heterocycles. The Morgan fingerprint density at radius 2 is 2.06 bits per heavy atom. The lowest BCUT2D eigenvalue weighted by molar-refractivity contribution is -0.145. The maximum atomic E-state index is 13.2. The summed E-state index contributed by atoms with van der Waals surface area (Å²) in [6.45, 7) is 6.62. The van der Waals surface area contributed by atoms with Gasteiger partial charge in [-0.1, -0.05) is 12.1 Å². The lowest BCUT2D eigenvalue weighted by atomic mass is 9.94. The number of likely N-dealkylation sites (tertiary alicyclic amines) is 1. The molecule has 168 valence electrons. The number of carbonyl (C=O) groups excluding carboxylic acids is 2. The highest BCUT2D eigenvalue weighted by molar-refractivity contribution is 6.40. The van der Waals surface area contributed by atoms with E-state index in [1.807, 2.05) is 12.1 Å². The fourth-order valence-electron chi connectivity index (χ4n) is 4.39. The minimum atomic E-state index is -0.695. The molecule has 1 aliphatic rings. The number of nitrogens with two attached hydrogens (primary N) is 1. The number of aromatic nitrogens is 3. The molecule has 0 radical (unpaired) electrons. The fraction of sp³-hybridized carbons (Fsp3) is 0.391. The number of H-pyrrole nitrogens is 1. The van der Waals surface area contributed by atoms with Crippen molar-refractivity contribution >= 4 is 39.9 Å². The molecule has 0 aliphatic carbocycles. The molecule has 0 unspecified atom stereocenters. The summed E-state index contributed by atoms with van der Waals surface area (Å²) in [6.07, 6.45) is 5.69. The molecule has 1 fully saturated rings. The van der Waals surface area contributed by atoms with Gasteiger partial charge in [-0.2, -0.15) is 5.10 Å². The first kappa shape index (κ1) is 21.6. The Labute approximate surface area is 187 Å². The van der Waals surface area contributed by atoms with Crippen LogP contribution < -0.4 is 16.0 Å². The molecular formula is C23H29N7O2. The second-order valence-electron chi connectivity index (χ2n) is 7.95. The van der Waals surface area contributed by atoms with E-state index in [9.17, 15) is 9.59 Å². The summed E-state index contributed by atoms with van der Waals surface area (Å²) in [7, 11) is 0. The van der Waals surface area contributed by atoms with Crippen LogP contribution in [0.3, 0.4) is 0 Å². The maximum Gasteiger partial charge on any atom is 0.314 e. The summed E-state index contributed by atoms with van der Waals surface area (Å²) < 4.78 is 0. The molecule has 4 N–H and O–H groups in total. The second-order valence-corrected chi connectivity index (χ2v) is 7.95. The van der Waals surface area contributed by atoms with Gasteiger partial charge < -0.3 is 20.9 Å². The van der Waals surface area contributed by atoms with E-state index in [1.165, 1.54) is 6.20 Å².